The van der Waals surface area contributed by atoms with Crippen LogP contribution in [0.5, 0.6) is 5.75 Å². The quantitative estimate of drug-likeness (QED) is 0.792. The zero-order chi connectivity index (χ0) is 15.7. The predicted octanol–water partition coefficient (Wildman–Crippen LogP) is 1.49. The first-order valence-electron chi connectivity index (χ1n) is 7.32. The zero-order valence-electron chi connectivity index (χ0n) is 12.7. The van der Waals surface area contributed by atoms with Gasteiger partial charge in [0.05, 0.1) is 39.5 Å². The summed E-state index contributed by atoms with van der Waals surface area (Å²) in [5.74, 6) is -0.175. The van der Waals surface area contributed by atoms with E-state index in [2.05, 4.69) is 0 Å². The molecule has 2 aliphatic rings. The van der Waals surface area contributed by atoms with Crippen LogP contribution in [0.15, 0.2) is 18.2 Å². The van der Waals surface area contributed by atoms with Crippen molar-refractivity contribution in [3.05, 3.63) is 29.3 Å². The predicted molar refractivity (Wildman–Crippen MR) is 78.1 cm³/mol. The van der Waals surface area contributed by atoms with Crippen molar-refractivity contribution >= 4 is 11.9 Å². The van der Waals surface area contributed by atoms with Gasteiger partial charge in [0.2, 0.25) is 0 Å². The van der Waals surface area contributed by atoms with Gasteiger partial charge >= 0.3 is 5.97 Å². The molecule has 2 heterocycles. The van der Waals surface area contributed by atoms with E-state index in [1.807, 2.05) is 4.90 Å². The summed E-state index contributed by atoms with van der Waals surface area (Å²) in [5, 5.41) is 0. The van der Waals surface area contributed by atoms with Crippen molar-refractivity contribution in [2.45, 2.75) is 24.9 Å². The number of esters is 1. The van der Waals surface area contributed by atoms with Gasteiger partial charge in [-0.25, -0.2) is 4.79 Å². The van der Waals surface area contributed by atoms with E-state index < -0.39 is 5.97 Å². The van der Waals surface area contributed by atoms with Gasteiger partial charge in [-0.1, -0.05) is 0 Å². The Bertz CT molecular complexity index is 584. The summed E-state index contributed by atoms with van der Waals surface area (Å²) in [5.41, 5.74) is 0.829. The van der Waals surface area contributed by atoms with E-state index in [0.29, 0.717) is 30.1 Å². The van der Waals surface area contributed by atoms with E-state index >= 15 is 0 Å². The van der Waals surface area contributed by atoms with Crippen LogP contribution in [0.2, 0.25) is 0 Å². The van der Waals surface area contributed by atoms with Crippen LogP contribution in [0.3, 0.4) is 0 Å². The number of fused-ring (bicyclic) bond motifs is 2. The fraction of sp³-hybridized carbons (Fsp3) is 0.500. The minimum atomic E-state index is -0.484. The molecule has 2 aliphatic heterocycles. The van der Waals surface area contributed by atoms with Crippen LogP contribution in [0.25, 0.3) is 0 Å². The molecule has 1 aromatic carbocycles. The molecular formula is C16H19NO5. The minimum absolute atomic E-state index is 0.0366. The maximum atomic E-state index is 12.8. The molecule has 2 saturated heterocycles. The molecule has 0 aromatic heterocycles. The first-order chi connectivity index (χ1) is 10.7. The highest BCUT2D eigenvalue weighted by molar-refractivity contribution is 5.98. The monoisotopic (exact) mass is 305 g/mol. The second-order valence-corrected chi connectivity index (χ2v) is 5.54. The average molecular weight is 305 g/mol. The summed E-state index contributed by atoms with van der Waals surface area (Å²) >= 11 is 0. The molecule has 1 amide bonds. The van der Waals surface area contributed by atoms with E-state index in [1.165, 1.54) is 14.2 Å². The van der Waals surface area contributed by atoms with Gasteiger partial charge < -0.3 is 19.1 Å². The van der Waals surface area contributed by atoms with Gasteiger partial charge in [0.1, 0.15) is 11.3 Å². The van der Waals surface area contributed by atoms with Crippen molar-refractivity contribution in [2.75, 3.05) is 27.4 Å². The minimum Gasteiger partial charge on any atom is -0.496 e. The molecule has 2 atom stereocenters. The van der Waals surface area contributed by atoms with Crippen molar-refractivity contribution < 1.29 is 23.8 Å². The van der Waals surface area contributed by atoms with E-state index in [9.17, 15) is 9.59 Å². The summed E-state index contributed by atoms with van der Waals surface area (Å²) in [6, 6.07) is 5.12. The van der Waals surface area contributed by atoms with Gasteiger partial charge in [-0.15, -0.1) is 0 Å². The number of carbonyl (C=O) groups excluding carboxylic acids is 2. The van der Waals surface area contributed by atoms with Crippen molar-refractivity contribution in [3.8, 4) is 5.75 Å². The van der Waals surface area contributed by atoms with Crippen LogP contribution >= 0.6 is 0 Å². The van der Waals surface area contributed by atoms with Gasteiger partial charge in [0.15, 0.2) is 0 Å². The summed E-state index contributed by atoms with van der Waals surface area (Å²) in [7, 11) is 2.78. The maximum Gasteiger partial charge on any atom is 0.341 e. The van der Waals surface area contributed by atoms with Crippen LogP contribution in [0.1, 0.15) is 33.6 Å². The molecule has 6 heteroatoms. The molecule has 22 heavy (non-hydrogen) atoms. The maximum absolute atomic E-state index is 12.8. The van der Waals surface area contributed by atoms with E-state index in [-0.39, 0.29) is 18.0 Å². The van der Waals surface area contributed by atoms with E-state index in [1.54, 1.807) is 18.2 Å². The molecule has 2 unspecified atom stereocenters. The molecule has 0 spiro atoms. The van der Waals surface area contributed by atoms with Gasteiger partial charge in [0.25, 0.3) is 5.91 Å². The lowest BCUT2D eigenvalue weighted by molar-refractivity contribution is -0.00717. The number of benzene rings is 1. The molecule has 2 fully saturated rings. The SMILES string of the molecule is COC(=O)c1ccc(C(=O)N2C3CCC2COC3)cc1OC. The lowest BCUT2D eigenvalue weighted by atomic mass is 10.1. The van der Waals surface area contributed by atoms with Crippen LogP contribution in [-0.4, -0.2) is 56.3 Å². The molecule has 6 nitrogen and oxygen atoms in total. The van der Waals surface area contributed by atoms with Crippen molar-refractivity contribution in [2.24, 2.45) is 0 Å². The second-order valence-electron chi connectivity index (χ2n) is 5.54. The van der Waals surface area contributed by atoms with Crippen molar-refractivity contribution in [1.82, 2.24) is 4.90 Å². The lowest BCUT2D eigenvalue weighted by Crippen LogP contribution is -2.49. The smallest absolute Gasteiger partial charge is 0.341 e. The fourth-order valence-corrected chi connectivity index (χ4v) is 3.21. The number of methoxy groups -OCH3 is 2. The number of rotatable bonds is 3. The second kappa shape index (κ2) is 5.96. The standard InChI is InChI=1S/C16H19NO5/c1-20-14-7-10(3-6-13(14)16(19)21-2)15(18)17-11-4-5-12(17)9-22-8-11/h3,6-7,11-12H,4-5,8-9H2,1-2H3. The van der Waals surface area contributed by atoms with Gasteiger partial charge in [-0.2, -0.15) is 0 Å². The Morgan fingerprint density at radius 3 is 2.45 bits per heavy atom. The topological polar surface area (TPSA) is 65.1 Å². The van der Waals surface area contributed by atoms with E-state index in [4.69, 9.17) is 14.2 Å². The first kappa shape index (κ1) is 14.8. The van der Waals surface area contributed by atoms with Gasteiger partial charge in [0, 0.05) is 5.56 Å². The van der Waals surface area contributed by atoms with Gasteiger partial charge in [-0.05, 0) is 31.0 Å². The molecule has 2 bridgehead atoms. The number of amides is 1. The Hall–Kier alpha value is -2.08. The van der Waals surface area contributed by atoms with Crippen molar-refractivity contribution in [1.29, 1.82) is 0 Å². The molecule has 0 N–H and O–H groups in total. The molecule has 0 radical (unpaired) electrons. The summed E-state index contributed by atoms with van der Waals surface area (Å²) in [6.45, 7) is 1.19. The Balaban J connectivity index is 1.88. The molecule has 0 aliphatic carbocycles. The Morgan fingerprint density at radius 1 is 1.18 bits per heavy atom. The Morgan fingerprint density at radius 2 is 1.86 bits per heavy atom. The van der Waals surface area contributed by atoms with Crippen LogP contribution in [0, 0.1) is 0 Å². The summed E-state index contributed by atoms with van der Waals surface area (Å²) in [6.07, 6.45) is 1.96. The van der Waals surface area contributed by atoms with Crippen LogP contribution in [0.4, 0.5) is 0 Å². The van der Waals surface area contributed by atoms with E-state index in [0.717, 1.165) is 12.8 Å². The first-order valence-corrected chi connectivity index (χ1v) is 7.32. The third-order valence-electron chi connectivity index (χ3n) is 4.33. The Kier molecular flexibility index (Phi) is 4.02. The molecule has 118 valence electrons. The molecular weight excluding hydrogens is 286 g/mol. The molecule has 0 saturated carbocycles. The number of ether oxygens (including phenoxy) is 3. The highest BCUT2D eigenvalue weighted by Gasteiger charge is 2.40. The molecule has 3 rings (SSSR count). The fourth-order valence-electron chi connectivity index (χ4n) is 3.21. The number of hydrogen-bond acceptors (Lipinski definition) is 5. The van der Waals surface area contributed by atoms with Crippen molar-refractivity contribution in [3.63, 3.8) is 0 Å². The number of nitrogens with zero attached hydrogens (tertiary/aromatic N) is 1. The van der Waals surface area contributed by atoms with Crippen LogP contribution in [-0.2, 0) is 9.47 Å². The molecule has 1 aromatic rings. The van der Waals surface area contributed by atoms with Crippen LogP contribution < -0.4 is 4.74 Å². The Labute approximate surface area is 128 Å². The highest BCUT2D eigenvalue weighted by atomic mass is 16.5. The third-order valence-corrected chi connectivity index (χ3v) is 4.33. The zero-order valence-corrected chi connectivity index (χ0v) is 12.7. The normalized spacial score (nSPS) is 23.3. The average Bonchev–Trinajstić information content (AvgIpc) is 2.81. The summed E-state index contributed by atoms with van der Waals surface area (Å²) < 4.78 is 15.4. The lowest BCUT2D eigenvalue weighted by Gasteiger charge is -2.34. The van der Waals surface area contributed by atoms with Gasteiger partial charge in [-0.3, -0.25) is 4.79 Å². The number of hydrogen-bond donors (Lipinski definition) is 0. The largest absolute Gasteiger partial charge is 0.496 e. The number of morpholine rings is 1. The number of carbonyl (C=O) groups is 2. The third kappa shape index (κ3) is 2.43. The summed E-state index contributed by atoms with van der Waals surface area (Å²) in [4.78, 5) is 26.4. The highest BCUT2D eigenvalue weighted by Crippen LogP contribution is 2.31.